The number of amides is 2. The quantitative estimate of drug-likeness (QED) is 0.818. The number of nitrogens with zero attached hydrogens (tertiary/aromatic N) is 2. The lowest BCUT2D eigenvalue weighted by molar-refractivity contribution is -0.0871. The summed E-state index contributed by atoms with van der Waals surface area (Å²) in [5, 5.41) is 13.9. The van der Waals surface area contributed by atoms with Gasteiger partial charge in [-0.3, -0.25) is 0 Å². The van der Waals surface area contributed by atoms with Crippen molar-refractivity contribution in [1.82, 2.24) is 15.1 Å². The maximum Gasteiger partial charge on any atom is 0.317 e. The Bertz CT molecular complexity index is 415. The van der Waals surface area contributed by atoms with Gasteiger partial charge in [-0.1, -0.05) is 12.8 Å². The largest absolute Gasteiger partial charge is 0.389 e. The van der Waals surface area contributed by atoms with E-state index in [9.17, 15) is 9.90 Å². The summed E-state index contributed by atoms with van der Waals surface area (Å²) in [6.45, 7) is 1.43. The normalized spacial score (nSPS) is 38.9. The van der Waals surface area contributed by atoms with E-state index < -0.39 is 5.60 Å². The molecule has 5 heteroatoms. The van der Waals surface area contributed by atoms with E-state index in [0.717, 1.165) is 45.1 Å². The molecule has 0 aromatic rings. The van der Waals surface area contributed by atoms with Gasteiger partial charge in [-0.15, -0.1) is 0 Å². The van der Waals surface area contributed by atoms with Gasteiger partial charge in [0.25, 0.3) is 0 Å². The minimum atomic E-state index is -0.502. The lowest BCUT2D eigenvalue weighted by atomic mass is 9.71. The molecule has 3 fully saturated rings. The molecule has 0 spiro atoms. The van der Waals surface area contributed by atoms with Crippen LogP contribution in [0, 0.1) is 5.92 Å². The predicted molar refractivity (Wildman–Crippen MR) is 86.7 cm³/mol. The topological polar surface area (TPSA) is 55.8 Å². The number of fused-ring (bicyclic) bond motifs is 1. The van der Waals surface area contributed by atoms with Crippen LogP contribution in [0.25, 0.3) is 0 Å². The van der Waals surface area contributed by atoms with Crippen molar-refractivity contribution in [2.45, 2.75) is 69.1 Å². The summed E-state index contributed by atoms with van der Waals surface area (Å²) in [7, 11) is 4.23. The number of hydrogen-bond donors (Lipinski definition) is 2. The number of urea groups is 1. The molecular weight excluding hydrogens is 278 g/mol. The van der Waals surface area contributed by atoms with Crippen LogP contribution in [0.3, 0.4) is 0 Å². The number of nitrogens with one attached hydrogen (secondary N) is 1. The summed E-state index contributed by atoms with van der Waals surface area (Å²) in [6, 6.07) is 0.985. The molecule has 126 valence electrons. The smallest absolute Gasteiger partial charge is 0.317 e. The summed E-state index contributed by atoms with van der Waals surface area (Å²) >= 11 is 0. The lowest BCUT2D eigenvalue weighted by Crippen LogP contribution is -2.57. The summed E-state index contributed by atoms with van der Waals surface area (Å²) in [5.41, 5.74) is -0.502. The fourth-order valence-electron chi connectivity index (χ4n) is 4.58. The molecule has 2 saturated carbocycles. The number of piperidine rings is 1. The third-order valence-electron chi connectivity index (χ3n) is 6.18. The van der Waals surface area contributed by atoms with Crippen LogP contribution in [0.4, 0.5) is 4.79 Å². The summed E-state index contributed by atoms with van der Waals surface area (Å²) < 4.78 is 0. The van der Waals surface area contributed by atoms with Gasteiger partial charge < -0.3 is 20.2 Å². The second kappa shape index (κ2) is 6.36. The fraction of sp³-hybridized carbons (Fsp3) is 0.941. The maximum atomic E-state index is 12.5. The number of likely N-dealkylation sites (tertiary alicyclic amines) is 1. The van der Waals surface area contributed by atoms with Crippen LogP contribution in [0.1, 0.15) is 51.4 Å². The minimum absolute atomic E-state index is 0.0806. The number of aliphatic hydroxyl groups is 1. The van der Waals surface area contributed by atoms with E-state index in [1.165, 1.54) is 12.8 Å². The molecule has 22 heavy (non-hydrogen) atoms. The molecule has 0 bridgehead atoms. The molecule has 1 heterocycles. The summed E-state index contributed by atoms with van der Waals surface area (Å²) in [6.07, 6.45) is 8.35. The van der Waals surface area contributed by atoms with Gasteiger partial charge in [0.2, 0.25) is 0 Å². The van der Waals surface area contributed by atoms with Crippen molar-refractivity contribution in [3.05, 3.63) is 0 Å². The van der Waals surface area contributed by atoms with Crippen molar-refractivity contribution >= 4 is 6.03 Å². The van der Waals surface area contributed by atoms with Crippen LogP contribution >= 0.6 is 0 Å². The molecule has 2 amide bonds. The second-order valence-corrected chi connectivity index (χ2v) is 7.82. The molecule has 2 aliphatic carbocycles. The molecule has 3 rings (SSSR count). The van der Waals surface area contributed by atoms with Crippen LogP contribution in [0.15, 0.2) is 0 Å². The Morgan fingerprint density at radius 1 is 1.23 bits per heavy atom. The van der Waals surface area contributed by atoms with Gasteiger partial charge in [-0.25, -0.2) is 4.79 Å². The standard InChI is InChI=1S/C17H31N3O2/c1-19(2)15-7-6-14(11-15)18-16(21)20-10-9-17(22)8-4-3-5-13(17)12-20/h13-15,22H,3-12H2,1-2H3,(H,18,21). The van der Waals surface area contributed by atoms with Crippen molar-refractivity contribution in [3.63, 3.8) is 0 Å². The van der Waals surface area contributed by atoms with E-state index >= 15 is 0 Å². The molecular formula is C17H31N3O2. The van der Waals surface area contributed by atoms with Crippen molar-refractivity contribution in [3.8, 4) is 0 Å². The second-order valence-electron chi connectivity index (χ2n) is 7.82. The number of carbonyl (C=O) groups excluding carboxylic acids is 1. The zero-order chi connectivity index (χ0) is 15.7. The Morgan fingerprint density at radius 2 is 2.05 bits per heavy atom. The minimum Gasteiger partial charge on any atom is -0.389 e. The first kappa shape index (κ1) is 16.1. The van der Waals surface area contributed by atoms with E-state index in [2.05, 4.69) is 24.3 Å². The third kappa shape index (κ3) is 3.25. The highest BCUT2D eigenvalue weighted by atomic mass is 16.3. The highest BCUT2D eigenvalue weighted by molar-refractivity contribution is 5.74. The van der Waals surface area contributed by atoms with Gasteiger partial charge >= 0.3 is 6.03 Å². The Morgan fingerprint density at radius 3 is 2.77 bits per heavy atom. The van der Waals surface area contributed by atoms with Crippen LogP contribution in [-0.4, -0.2) is 65.8 Å². The fourth-order valence-corrected chi connectivity index (χ4v) is 4.58. The Kier molecular flexibility index (Phi) is 4.64. The Labute approximate surface area is 134 Å². The predicted octanol–water partition coefficient (Wildman–Crippen LogP) is 1.81. The monoisotopic (exact) mass is 309 g/mol. The van der Waals surface area contributed by atoms with Crippen LogP contribution in [-0.2, 0) is 0 Å². The first-order valence-corrected chi connectivity index (χ1v) is 8.92. The molecule has 1 aliphatic heterocycles. The van der Waals surface area contributed by atoms with Crippen LogP contribution < -0.4 is 5.32 Å². The van der Waals surface area contributed by atoms with Gasteiger partial charge in [-0.2, -0.15) is 0 Å². The van der Waals surface area contributed by atoms with E-state index in [0.29, 0.717) is 18.6 Å². The van der Waals surface area contributed by atoms with E-state index in [-0.39, 0.29) is 11.9 Å². The molecule has 2 N–H and O–H groups in total. The molecule has 3 aliphatic rings. The van der Waals surface area contributed by atoms with Gasteiger partial charge in [-0.05, 0) is 52.6 Å². The highest BCUT2D eigenvalue weighted by Gasteiger charge is 2.44. The zero-order valence-electron chi connectivity index (χ0n) is 14.1. The number of rotatable bonds is 2. The molecule has 1 saturated heterocycles. The third-order valence-corrected chi connectivity index (χ3v) is 6.18. The Balaban J connectivity index is 1.51. The highest BCUT2D eigenvalue weighted by Crippen LogP contribution is 2.39. The van der Waals surface area contributed by atoms with E-state index in [1.54, 1.807) is 0 Å². The first-order chi connectivity index (χ1) is 10.5. The van der Waals surface area contributed by atoms with E-state index in [4.69, 9.17) is 0 Å². The number of carbonyl (C=O) groups is 1. The SMILES string of the molecule is CN(C)C1CCC(NC(=O)N2CCC3(O)CCCCC3C2)C1. The molecule has 4 atom stereocenters. The lowest BCUT2D eigenvalue weighted by Gasteiger charge is -2.47. The number of hydrogen-bond acceptors (Lipinski definition) is 3. The molecule has 4 unspecified atom stereocenters. The van der Waals surface area contributed by atoms with Gasteiger partial charge in [0.15, 0.2) is 0 Å². The van der Waals surface area contributed by atoms with Crippen molar-refractivity contribution < 1.29 is 9.90 Å². The van der Waals surface area contributed by atoms with Gasteiger partial charge in [0.05, 0.1) is 5.60 Å². The summed E-state index contributed by atoms with van der Waals surface area (Å²) in [4.78, 5) is 16.7. The van der Waals surface area contributed by atoms with Crippen molar-refractivity contribution in [2.24, 2.45) is 5.92 Å². The molecule has 0 radical (unpaired) electrons. The average molecular weight is 309 g/mol. The first-order valence-electron chi connectivity index (χ1n) is 8.92. The average Bonchev–Trinajstić information content (AvgIpc) is 2.95. The van der Waals surface area contributed by atoms with Crippen molar-refractivity contribution in [1.29, 1.82) is 0 Å². The van der Waals surface area contributed by atoms with Crippen LogP contribution in [0.5, 0.6) is 0 Å². The molecule has 0 aromatic heterocycles. The molecule has 0 aromatic carbocycles. The van der Waals surface area contributed by atoms with Gasteiger partial charge in [0.1, 0.15) is 0 Å². The van der Waals surface area contributed by atoms with E-state index in [1.807, 2.05) is 4.90 Å². The maximum absolute atomic E-state index is 12.5. The Hall–Kier alpha value is -0.810. The van der Waals surface area contributed by atoms with Crippen molar-refractivity contribution in [2.75, 3.05) is 27.2 Å². The van der Waals surface area contributed by atoms with Gasteiger partial charge in [0, 0.05) is 31.1 Å². The molecule has 5 nitrogen and oxygen atoms in total. The van der Waals surface area contributed by atoms with Crippen LogP contribution in [0.2, 0.25) is 0 Å². The zero-order valence-corrected chi connectivity index (χ0v) is 14.1. The summed E-state index contributed by atoms with van der Waals surface area (Å²) in [5.74, 6) is 0.277.